The number of benzene rings is 1. The van der Waals surface area contributed by atoms with Crippen LogP contribution < -0.4 is 11.1 Å². The van der Waals surface area contributed by atoms with Gasteiger partial charge in [0.1, 0.15) is 0 Å². The SMILES string of the molecule is CN(C)C(=O)CN1CCC(NCc2cccc(C(N)=O)c2)CC1. The Bertz CT molecular complexity index is 551. The Hall–Kier alpha value is -1.92. The molecule has 0 bridgehead atoms. The lowest BCUT2D eigenvalue weighted by atomic mass is 10.0. The minimum atomic E-state index is -0.397. The number of likely N-dealkylation sites (N-methyl/N-ethyl adjacent to an activating group) is 1. The van der Waals surface area contributed by atoms with Crippen molar-refractivity contribution in [3.05, 3.63) is 35.4 Å². The van der Waals surface area contributed by atoms with E-state index in [1.807, 2.05) is 18.2 Å². The zero-order valence-electron chi connectivity index (χ0n) is 13.9. The van der Waals surface area contributed by atoms with Gasteiger partial charge in [-0.15, -0.1) is 0 Å². The molecular formula is C17H26N4O2. The highest BCUT2D eigenvalue weighted by Gasteiger charge is 2.20. The Morgan fingerprint density at radius 3 is 2.61 bits per heavy atom. The van der Waals surface area contributed by atoms with Gasteiger partial charge in [0.15, 0.2) is 0 Å². The van der Waals surface area contributed by atoms with Crippen molar-refractivity contribution in [1.82, 2.24) is 15.1 Å². The van der Waals surface area contributed by atoms with Crippen molar-refractivity contribution in [3.8, 4) is 0 Å². The minimum absolute atomic E-state index is 0.152. The van der Waals surface area contributed by atoms with Crippen LogP contribution in [0.3, 0.4) is 0 Å². The average Bonchev–Trinajstić information content (AvgIpc) is 2.54. The first-order chi connectivity index (χ1) is 11.0. The van der Waals surface area contributed by atoms with Gasteiger partial charge in [0.05, 0.1) is 6.54 Å². The normalized spacial score (nSPS) is 16.3. The predicted octanol–water partition coefficient (Wildman–Crippen LogP) is 0.428. The minimum Gasteiger partial charge on any atom is -0.366 e. The molecule has 0 aliphatic carbocycles. The van der Waals surface area contributed by atoms with Crippen molar-refractivity contribution in [2.24, 2.45) is 5.73 Å². The summed E-state index contributed by atoms with van der Waals surface area (Å²) in [5, 5.41) is 3.53. The molecule has 0 atom stereocenters. The van der Waals surface area contributed by atoms with E-state index in [1.165, 1.54) is 0 Å². The first kappa shape index (κ1) is 17.4. The van der Waals surface area contributed by atoms with Crippen molar-refractivity contribution in [2.45, 2.75) is 25.4 Å². The maximum Gasteiger partial charge on any atom is 0.248 e. The van der Waals surface area contributed by atoms with Gasteiger partial charge in [-0.1, -0.05) is 12.1 Å². The number of likely N-dealkylation sites (tertiary alicyclic amines) is 1. The van der Waals surface area contributed by atoms with E-state index in [4.69, 9.17) is 5.73 Å². The monoisotopic (exact) mass is 318 g/mol. The second-order valence-corrected chi connectivity index (χ2v) is 6.28. The van der Waals surface area contributed by atoms with E-state index < -0.39 is 5.91 Å². The predicted molar refractivity (Wildman–Crippen MR) is 90.0 cm³/mol. The number of piperidine rings is 1. The fourth-order valence-electron chi connectivity index (χ4n) is 2.72. The molecule has 0 radical (unpaired) electrons. The third-order valence-corrected chi connectivity index (χ3v) is 4.25. The number of hydrogen-bond donors (Lipinski definition) is 2. The van der Waals surface area contributed by atoms with E-state index >= 15 is 0 Å². The smallest absolute Gasteiger partial charge is 0.248 e. The molecule has 0 saturated carbocycles. The van der Waals surface area contributed by atoms with Crippen molar-refractivity contribution in [3.63, 3.8) is 0 Å². The van der Waals surface area contributed by atoms with Crippen molar-refractivity contribution < 1.29 is 9.59 Å². The van der Waals surface area contributed by atoms with Gasteiger partial charge < -0.3 is 16.0 Å². The third kappa shape index (κ3) is 5.33. The van der Waals surface area contributed by atoms with Gasteiger partial charge in [0, 0.05) is 45.3 Å². The molecule has 1 saturated heterocycles. The molecule has 3 N–H and O–H groups in total. The summed E-state index contributed by atoms with van der Waals surface area (Å²) in [6, 6.07) is 7.85. The number of nitrogens with zero attached hydrogens (tertiary/aromatic N) is 2. The molecule has 6 heteroatoms. The Balaban J connectivity index is 1.75. The van der Waals surface area contributed by atoms with E-state index in [0.29, 0.717) is 18.2 Å². The number of carbonyl (C=O) groups excluding carboxylic acids is 2. The summed E-state index contributed by atoms with van der Waals surface area (Å²) in [5.74, 6) is -0.245. The summed E-state index contributed by atoms with van der Waals surface area (Å²) in [6.07, 6.45) is 2.05. The molecule has 126 valence electrons. The van der Waals surface area contributed by atoms with Gasteiger partial charge in [-0.25, -0.2) is 0 Å². The number of amides is 2. The third-order valence-electron chi connectivity index (χ3n) is 4.25. The molecule has 0 spiro atoms. The fraction of sp³-hybridized carbons (Fsp3) is 0.529. The Labute approximate surface area is 137 Å². The molecule has 1 aromatic rings. The van der Waals surface area contributed by atoms with E-state index in [9.17, 15) is 9.59 Å². The van der Waals surface area contributed by atoms with Gasteiger partial charge in [-0.05, 0) is 30.5 Å². The van der Waals surface area contributed by atoms with E-state index in [2.05, 4.69) is 10.2 Å². The molecule has 2 rings (SSSR count). The number of primary amides is 1. The zero-order chi connectivity index (χ0) is 16.8. The number of nitrogens with one attached hydrogen (secondary N) is 1. The van der Waals surface area contributed by atoms with Crippen LogP contribution in [0.5, 0.6) is 0 Å². The lowest BCUT2D eigenvalue weighted by Gasteiger charge is -2.32. The first-order valence-electron chi connectivity index (χ1n) is 8.00. The van der Waals surface area contributed by atoms with Gasteiger partial charge in [0.25, 0.3) is 0 Å². The second-order valence-electron chi connectivity index (χ2n) is 6.28. The molecule has 1 heterocycles. The second kappa shape index (κ2) is 8.08. The quantitative estimate of drug-likeness (QED) is 0.797. The van der Waals surface area contributed by atoms with Crippen LogP contribution in [-0.2, 0) is 11.3 Å². The summed E-state index contributed by atoms with van der Waals surface area (Å²) in [5.41, 5.74) is 6.91. The molecule has 2 amide bonds. The highest BCUT2D eigenvalue weighted by molar-refractivity contribution is 5.92. The van der Waals surface area contributed by atoms with Crippen molar-refractivity contribution in [1.29, 1.82) is 0 Å². The maximum atomic E-state index is 11.7. The van der Waals surface area contributed by atoms with Crippen LogP contribution in [0, 0.1) is 0 Å². The van der Waals surface area contributed by atoms with Gasteiger partial charge in [-0.3, -0.25) is 14.5 Å². The van der Waals surface area contributed by atoms with Crippen LogP contribution in [0.4, 0.5) is 0 Å². The molecule has 1 aliphatic heterocycles. The molecule has 1 fully saturated rings. The topological polar surface area (TPSA) is 78.7 Å². The van der Waals surface area contributed by atoms with Crippen LogP contribution >= 0.6 is 0 Å². The number of carbonyl (C=O) groups is 2. The van der Waals surface area contributed by atoms with Crippen molar-refractivity contribution in [2.75, 3.05) is 33.7 Å². The van der Waals surface area contributed by atoms with Crippen LogP contribution in [0.15, 0.2) is 24.3 Å². The first-order valence-corrected chi connectivity index (χ1v) is 8.00. The summed E-state index contributed by atoms with van der Waals surface area (Å²) in [4.78, 5) is 26.8. The summed E-state index contributed by atoms with van der Waals surface area (Å²) in [6.45, 7) is 3.08. The van der Waals surface area contributed by atoms with Crippen LogP contribution in [0.1, 0.15) is 28.8 Å². The van der Waals surface area contributed by atoms with Crippen molar-refractivity contribution >= 4 is 11.8 Å². The Morgan fingerprint density at radius 2 is 2.00 bits per heavy atom. The van der Waals surface area contributed by atoms with Crippen LogP contribution in [0.25, 0.3) is 0 Å². The van der Waals surface area contributed by atoms with Gasteiger partial charge in [0.2, 0.25) is 11.8 Å². The number of rotatable bonds is 6. The van der Waals surface area contributed by atoms with Gasteiger partial charge >= 0.3 is 0 Å². The van der Waals surface area contributed by atoms with E-state index in [0.717, 1.165) is 38.0 Å². The average molecular weight is 318 g/mol. The zero-order valence-corrected chi connectivity index (χ0v) is 13.9. The molecule has 1 aromatic carbocycles. The maximum absolute atomic E-state index is 11.7. The standard InChI is InChI=1S/C17H26N4O2/c1-20(2)16(22)12-21-8-6-15(7-9-21)19-11-13-4-3-5-14(10-13)17(18)23/h3-5,10,15,19H,6-9,11-12H2,1-2H3,(H2,18,23). The Morgan fingerprint density at radius 1 is 1.30 bits per heavy atom. The van der Waals surface area contributed by atoms with E-state index in [1.54, 1.807) is 25.1 Å². The molecule has 0 aromatic heterocycles. The highest BCUT2D eigenvalue weighted by atomic mass is 16.2. The number of nitrogens with two attached hydrogens (primary N) is 1. The molecule has 0 unspecified atom stereocenters. The largest absolute Gasteiger partial charge is 0.366 e. The van der Waals surface area contributed by atoms with E-state index in [-0.39, 0.29) is 5.91 Å². The summed E-state index contributed by atoms with van der Waals surface area (Å²) >= 11 is 0. The Kier molecular flexibility index (Phi) is 6.12. The molecule has 1 aliphatic rings. The van der Waals surface area contributed by atoms with Crippen LogP contribution in [-0.4, -0.2) is 61.4 Å². The van der Waals surface area contributed by atoms with Crippen LogP contribution in [0.2, 0.25) is 0 Å². The lowest BCUT2D eigenvalue weighted by molar-refractivity contribution is -0.130. The summed E-state index contributed by atoms with van der Waals surface area (Å²) < 4.78 is 0. The molecule has 23 heavy (non-hydrogen) atoms. The van der Waals surface area contributed by atoms with Gasteiger partial charge in [-0.2, -0.15) is 0 Å². The molecule has 6 nitrogen and oxygen atoms in total. The number of hydrogen-bond acceptors (Lipinski definition) is 4. The lowest BCUT2D eigenvalue weighted by Crippen LogP contribution is -2.45. The molecular weight excluding hydrogens is 292 g/mol. The summed E-state index contributed by atoms with van der Waals surface area (Å²) in [7, 11) is 3.58. The highest BCUT2D eigenvalue weighted by Crippen LogP contribution is 2.12. The fourth-order valence-corrected chi connectivity index (χ4v) is 2.72.